The van der Waals surface area contributed by atoms with E-state index in [0.717, 1.165) is 0 Å². The predicted octanol–water partition coefficient (Wildman–Crippen LogP) is 0.251. The van der Waals surface area contributed by atoms with Crippen LogP contribution in [-0.2, 0) is 19.1 Å². The van der Waals surface area contributed by atoms with Gasteiger partial charge in [-0.25, -0.2) is 0 Å². The first-order chi connectivity index (χ1) is 10.6. The Bertz CT molecular complexity index is 490. The van der Waals surface area contributed by atoms with Gasteiger partial charge in [0.25, 0.3) is 5.91 Å². The SMILES string of the molecule is CCNC(=O)CNC(=O)COC(=O)CCOc1ccccc1. The fourth-order valence-electron chi connectivity index (χ4n) is 1.48. The molecule has 0 fully saturated rings. The fourth-order valence-corrected chi connectivity index (χ4v) is 1.48. The van der Waals surface area contributed by atoms with Gasteiger partial charge in [-0.2, -0.15) is 0 Å². The summed E-state index contributed by atoms with van der Waals surface area (Å²) in [5, 5.41) is 4.88. The van der Waals surface area contributed by atoms with Gasteiger partial charge in [-0.1, -0.05) is 18.2 Å². The van der Waals surface area contributed by atoms with Crippen LogP contribution in [0.3, 0.4) is 0 Å². The van der Waals surface area contributed by atoms with E-state index in [1.165, 1.54) is 0 Å². The minimum atomic E-state index is -0.538. The van der Waals surface area contributed by atoms with Crippen molar-refractivity contribution in [3.63, 3.8) is 0 Å². The van der Waals surface area contributed by atoms with Crippen LogP contribution in [0.4, 0.5) is 0 Å². The summed E-state index contributed by atoms with van der Waals surface area (Å²) in [6, 6.07) is 9.07. The van der Waals surface area contributed by atoms with Crippen LogP contribution in [0, 0.1) is 0 Å². The molecule has 2 amide bonds. The largest absolute Gasteiger partial charge is 0.493 e. The van der Waals surface area contributed by atoms with Crippen molar-refractivity contribution in [2.45, 2.75) is 13.3 Å². The summed E-state index contributed by atoms with van der Waals surface area (Å²) >= 11 is 0. The lowest BCUT2D eigenvalue weighted by molar-refractivity contribution is -0.149. The number of rotatable bonds is 9. The van der Waals surface area contributed by atoms with Gasteiger partial charge < -0.3 is 20.1 Å². The summed E-state index contributed by atoms with van der Waals surface area (Å²) in [5.41, 5.74) is 0. The summed E-state index contributed by atoms with van der Waals surface area (Å²) < 4.78 is 10.1. The first-order valence-electron chi connectivity index (χ1n) is 6.98. The highest BCUT2D eigenvalue weighted by Crippen LogP contribution is 2.08. The van der Waals surface area contributed by atoms with Gasteiger partial charge in [0.15, 0.2) is 6.61 Å². The molecular weight excluding hydrogens is 288 g/mol. The second-order valence-electron chi connectivity index (χ2n) is 4.30. The highest BCUT2D eigenvalue weighted by molar-refractivity contribution is 5.86. The van der Waals surface area contributed by atoms with E-state index in [2.05, 4.69) is 10.6 Å². The highest BCUT2D eigenvalue weighted by Gasteiger charge is 2.09. The van der Waals surface area contributed by atoms with Gasteiger partial charge in [0.2, 0.25) is 5.91 Å². The van der Waals surface area contributed by atoms with Crippen molar-refractivity contribution in [2.24, 2.45) is 0 Å². The normalized spacial score (nSPS) is 9.68. The Kier molecular flexibility index (Phi) is 8.10. The molecule has 2 N–H and O–H groups in total. The molecule has 1 aromatic rings. The summed E-state index contributed by atoms with van der Waals surface area (Å²) in [7, 11) is 0. The number of nitrogens with one attached hydrogen (secondary N) is 2. The molecule has 0 aromatic heterocycles. The number of amides is 2. The van der Waals surface area contributed by atoms with E-state index in [-0.39, 0.29) is 25.5 Å². The lowest BCUT2D eigenvalue weighted by atomic mass is 10.3. The molecule has 0 radical (unpaired) electrons. The number of carbonyl (C=O) groups excluding carboxylic acids is 3. The van der Waals surface area contributed by atoms with E-state index in [1.54, 1.807) is 19.1 Å². The molecule has 7 heteroatoms. The number of likely N-dealkylation sites (N-methyl/N-ethyl adjacent to an activating group) is 1. The quantitative estimate of drug-likeness (QED) is 0.638. The molecule has 0 saturated heterocycles. The molecule has 0 saturated carbocycles. The third-order valence-corrected chi connectivity index (χ3v) is 2.50. The molecule has 120 valence electrons. The molecule has 0 aliphatic heterocycles. The number of para-hydroxylation sites is 1. The maximum Gasteiger partial charge on any atom is 0.309 e. The molecular formula is C15H20N2O5. The lowest BCUT2D eigenvalue weighted by Crippen LogP contribution is -2.38. The molecule has 1 aromatic carbocycles. The second kappa shape index (κ2) is 10.2. The summed E-state index contributed by atoms with van der Waals surface area (Å²) in [4.78, 5) is 33.9. The van der Waals surface area contributed by atoms with Gasteiger partial charge in [-0.05, 0) is 19.1 Å². The Hall–Kier alpha value is -2.57. The van der Waals surface area contributed by atoms with Crippen LogP contribution in [0.5, 0.6) is 5.75 Å². The second-order valence-corrected chi connectivity index (χ2v) is 4.30. The summed E-state index contributed by atoms with van der Waals surface area (Å²) in [6.45, 7) is 1.89. The maximum absolute atomic E-state index is 11.4. The molecule has 0 spiro atoms. The molecule has 0 unspecified atom stereocenters. The van der Waals surface area contributed by atoms with E-state index in [0.29, 0.717) is 12.3 Å². The topological polar surface area (TPSA) is 93.7 Å². The fraction of sp³-hybridized carbons (Fsp3) is 0.400. The standard InChI is InChI=1S/C15H20N2O5/c1-2-16-13(18)10-17-14(19)11-22-15(20)8-9-21-12-6-4-3-5-7-12/h3-7H,2,8-11H2,1H3,(H,16,18)(H,17,19). The van der Waals surface area contributed by atoms with Crippen molar-refractivity contribution in [3.8, 4) is 5.75 Å². The number of hydrogen-bond acceptors (Lipinski definition) is 5. The van der Waals surface area contributed by atoms with Crippen LogP contribution in [-0.4, -0.2) is 44.1 Å². The molecule has 1 rings (SSSR count). The number of carbonyl (C=O) groups is 3. The predicted molar refractivity (Wildman–Crippen MR) is 79.2 cm³/mol. The average Bonchev–Trinajstić information content (AvgIpc) is 2.52. The van der Waals surface area contributed by atoms with Gasteiger partial charge in [-0.15, -0.1) is 0 Å². The van der Waals surface area contributed by atoms with E-state index < -0.39 is 18.5 Å². The van der Waals surface area contributed by atoms with Crippen LogP contribution < -0.4 is 15.4 Å². The van der Waals surface area contributed by atoms with Crippen LogP contribution in [0.1, 0.15) is 13.3 Å². The smallest absolute Gasteiger partial charge is 0.309 e. The maximum atomic E-state index is 11.4. The van der Waals surface area contributed by atoms with Gasteiger partial charge in [-0.3, -0.25) is 14.4 Å². The molecule has 22 heavy (non-hydrogen) atoms. The Labute approximate surface area is 129 Å². The molecule has 0 bridgehead atoms. The Morgan fingerprint density at radius 1 is 1.05 bits per heavy atom. The molecule has 0 aliphatic carbocycles. The minimum Gasteiger partial charge on any atom is -0.493 e. The number of hydrogen-bond donors (Lipinski definition) is 2. The van der Waals surface area contributed by atoms with Crippen molar-refractivity contribution in [1.29, 1.82) is 0 Å². The van der Waals surface area contributed by atoms with Gasteiger partial charge in [0.1, 0.15) is 5.75 Å². The third kappa shape index (κ3) is 7.88. The first kappa shape index (κ1) is 17.5. The van der Waals surface area contributed by atoms with Crippen molar-refractivity contribution < 1.29 is 23.9 Å². The van der Waals surface area contributed by atoms with E-state index in [1.807, 2.05) is 18.2 Å². The van der Waals surface area contributed by atoms with Crippen LogP contribution in [0.15, 0.2) is 30.3 Å². The number of benzene rings is 1. The third-order valence-electron chi connectivity index (χ3n) is 2.50. The minimum absolute atomic E-state index is 0.0402. The molecule has 7 nitrogen and oxygen atoms in total. The van der Waals surface area contributed by atoms with Gasteiger partial charge in [0.05, 0.1) is 19.6 Å². The monoisotopic (exact) mass is 308 g/mol. The van der Waals surface area contributed by atoms with Gasteiger partial charge >= 0.3 is 5.97 Å². The molecule has 0 atom stereocenters. The summed E-state index contributed by atoms with van der Waals surface area (Å²) in [6.07, 6.45) is 0.0402. The zero-order valence-electron chi connectivity index (χ0n) is 12.5. The van der Waals surface area contributed by atoms with Crippen molar-refractivity contribution in [2.75, 3.05) is 26.3 Å². The number of ether oxygens (including phenoxy) is 2. The zero-order chi connectivity index (χ0) is 16.2. The first-order valence-corrected chi connectivity index (χ1v) is 6.98. The van der Waals surface area contributed by atoms with Gasteiger partial charge in [0, 0.05) is 6.54 Å². The molecule has 0 heterocycles. The Morgan fingerprint density at radius 2 is 1.77 bits per heavy atom. The summed E-state index contributed by atoms with van der Waals surface area (Å²) in [5.74, 6) is -0.693. The van der Waals surface area contributed by atoms with Crippen molar-refractivity contribution in [3.05, 3.63) is 30.3 Å². The molecule has 0 aliphatic rings. The van der Waals surface area contributed by atoms with Crippen LogP contribution in [0.2, 0.25) is 0 Å². The average molecular weight is 308 g/mol. The lowest BCUT2D eigenvalue weighted by Gasteiger charge is -2.07. The van der Waals surface area contributed by atoms with Crippen molar-refractivity contribution >= 4 is 17.8 Å². The van der Waals surface area contributed by atoms with E-state index in [9.17, 15) is 14.4 Å². The van der Waals surface area contributed by atoms with Crippen LogP contribution >= 0.6 is 0 Å². The van der Waals surface area contributed by atoms with Crippen molar-refractivity contribution in [1.82, 2.24) is 10.6 Å². The van der Waals surface area contributed by atoms with E-state index >= 15 is 0 Å². The number of esters is 1. The van der Waals surface area contributed by atoms with Crippen LogP contribution in [0.25, 0.3) is 0 Å². The van der Waals surface area contributed by atoms with E-state index in [4.69, 9.17) is 9.47 Å². The highest BCUT2D eigenvalue weighted by atomic mass is 16.5. The Balaban J connectivity index is 2.10. The Morgan fingerprint density at radius 3 is 2.45 bits per heavy atom. The zero-order valence-corrected chi connectivity index (χ0v) is 12.5.